The number of nitrogens with zero attached hydrogens (tertiary/aromatic N) is 3. The van der Waals surface area contributed by atoms with Crippen LogP contribution in [-0.2, 0) is 0 Å². The zero-order valence-electron chi connectivity index (χ0n) is 16.8. The van der Waals surface area contributed by atoms with E-state index in [1.54, 1.807) is 0 Å². The average molecular weight is 371 g/mol. The van der Waals surface area contributed by atoms with Gasteiger partial charge in [-0.1, -0.05) is 26.2 Å². The average Bonchev–Trinajstić information content (AvgIpc) is 3.30. The van der Waals surface area contributed by atoms with Gasteiger partial charge in [-0.05, 0) is 63.4 Å². The van der Waals surface area contributed by atoms with E-state index >= 15 is 0 Å². The van der Waals surface area contributed by atoms with Crippen molar-refractivity contribution < 1.29 is 5.11 Å². The van der Waals surface area contributed by atoms with Crippen molar-refractivity contribution in [2.24, 2.45) is 0 Å². The second-order valence-electron chi connectivity index (χ2n) is 8.70. The highest BCUT2D eigenvalue weighted by Gasteiger charge is 2.27. The Bertz CT molecular complexity index is 757. The van der Waals surface area contributed by atoms with Crippen molar-refractivity contribution in [3.63, 3.8) is 0 Å². The molecule has 0 amide bonds. The molecule has 0 spiro atoms. The number of rotatable bonds is 6. The summed E-state index contributed by atoms with van der Waals surface area (Å²) in [5.74, 6) is 1.40. The van der Waals surface area contributed by atoms with Crippen molar-refractivity contribution in [1.82, 2.24) is 14.5 Å². The molecule has 0 radical (unpaired) electrons. The summed E-state index contributed by atoms with van der Waals surface area (Å²) in [7, 11) is 0. The first kappa shape index (κ1) is 18.7. The predicted octanol–water partition coefficient (Wildman–Crippen LogP) is 5.17. The van der Waals surface area contributed by atoms with Crippen LogP contribution < -0.4 is 5.32 Å². The number of nitrogens with one attached hydrogen (secondary N) is 1. The van der Waals surface area contributed by atoms with Gasteiger partial charge in [0.2, 0.25) is 5.95 Å². The van der Waals surface area contributed by atoms with E-state index in [0.717, 1.165) is 50.1 Å². The SMILES string of the molecule is CCC[C@H](C)Nc1ncc2c(C3CCCC3)cn(C3CCC(O)CC3)c2n1. The normalized spacial score (nSPS) is 25.1. The molecular formula is C22H34N4O. The van der Waals surface area contributed by atoms with Gasteiger partial charge in [0.1, 0.15) is 5.65 Å². The van der Waals surface area contributed by atoms with E-state index in [0.29, 0.717) is 18.0 Å². The molecular weight excluding hydrogens is 336 g/mol. The summed E-state index contributed by atoms with van der Waals surface area (Å²) in [6, 6.07) is 0.830. The molecule has 5 nitrogen and oxygen atoms in total. The Hall–Kier alpha value is -1.62. The molecule has 2 heterocycles. The van der Waals surface area contributed by atoms with Gasteiger partial charge in [0, 0.05) is 29.9 Å². The molecule has 0 unspecified atom stereocenters. The van der Waals surface area contributed by atoms with Crippen molar-refractivity contribution >= 4 is 17.0 Å². The molecule has 4 rings (SSSR count). The molecule has 2 saturated carbocycles. The number of aliphatic hydroxyl groups is 1. The minimum Gasteiger partial charge on any atom is -0.393 e. The third-order valence-electron chi connectivity index (χ3n) is 6.55. The molecule has 2 aliphatic carbocycles. The van der Waals surface area contributed by atoms with Gasteiger partial charge in [-0.3, -0.25) is 0 Å². The Labute approximate surface area is 162 Å². The molecule has 27 heavy (non-hydrogen) atoms. The van der Waals surface area contributed by atoms with Crippen LogP contribution in [0.5, 0.6) is 0 Å². The van der Waals surface area contributed by atoms with Crippen LogP contribution in [0.1, 0.15) is 95.6 Å². The topological polar surface area (TPSA) is 63.0 Å². The van der Waals surface area contributed by atoms with Crippen molar-refractivity contribution in [1.29, 1.82) is 0 Å². The predicted molar refractivity (Wildman–Crippen MR) is 110 cm³/mol. The standard InChI is InChI=1S/C22H34N4O/c1-3-6-15(2)24-22-23-13-19-20(16-7-4-5-8-16)14-26(21(19)25-22)17-9-11-18(27)12-10-17/h13-18,27H,3-12H2,1-2H3,(H,23,24,25)/t15-,17?,18?/m0/s1. The highest BCUT2D eigenvalue weighted by molar-refractivity contribution is 5.81. The Balaban J connectivity index is 1.69. The van der Waals surface area contributed by atoms with E-state index in [-0.39, 0.29) is 6.10 Å². The quantitative estimate of drug-likeness (QED) is 0.737. The van der Waals surface area contributed by atoms with E-state index in [9.17, 15) is 5.11 Å². The Morgan fingerprint density at radius 2 is 1.93 bits per heavy atom. The van der Waals surface area contributed by atoms with Gasteiger partial charge in [0.05, 0.1) is 6.10 Å². The first-order valence-electron chi connectivity index (χ1n) is 11.0. The highest BCUT2D eigenvalue weighted by atomic mass is 16.3. The number of aliphatic hydroxyl groups excluding tert-OH is 1. The van der Waals surface area contributed by atoms with Gasteiger partial charge in [-0.25, -0.2) is 4.98 Å². The summed E-state index contributed by atoms with van der Waals surface area (Å²) in [6.45, 7) is 4.40. The first-order valence-corrected chi connectivity index (χ1v) is 11.0. The lowest BCUT2D eigenvalue weighted by atomic mass is 9.93. The van der Waals surface area contributed by atoms with Gasteiger partial charge < -0.3 is 15.0 Å². The van der Waals surface area contributed by atoms with Crippen LogP contribution in [0.2, 0.25) is 0 Å². The summed E-state index contributed by atoms with van der Waals surface area (Å²) >= 11 is 0. The lowest BCUT2D eigenvalue weighted by Crippen LogP contribution is -2.21. The summed E-state index contributed by atoms with van der Waals surface area (Å²) in [6.07, 6.45) is 15.7. The fourth-order valence-corrected chi connectivity index (χ4v) is 5.03. The monoisotopic (exact) mass is 370 g/mol. The van der Waals surface area contributed by atoms with Crippen LogP contribution in [-0.4, -0.2) is 31.8 Å². The maximum Gasteiger partial charge on any atom is 0.224 e. The van der Waals surface area contributed by atoms with E-state index in [4.69, 9.17) is 4.98 Å². The molecule has 5 heteroatoms. The molecule has 2 N–H and O–H groups in total. The van der Waals surface area contributed by atoms with Crippen LogP contribution in [0.25, 0.3) is 11.0 Å². The summed E-state index contributed by atoms with van der Waals surface area (Å²) in [4.78, 5) is 9.62. The number of hydrogen-bond acceptors (Lipinski definition) is 4. The van der Waals surface area contributed by atoms with Crippen molar-refractivity contribution in [2.75, 3.05) is 5.32 Å². The third kappa shape index (κ3) is 3.98. The molecule has 0 bridgehead atoms. The van der Waals surface area contributed by atoms with Crippen molar-refractivity contribution in [2.45, 2.75) is 102 Å². The van der Waals surface area contributed by atoms with Crippen LogP contribution in [0.15, 0.2) is 12.4 Å². The van der Waals surface area contributed by atoms with Gasteiger partial charge in [0.25, 0.3) is 0 Å². The smallest absolute Gasteiger partial charge is 0.224 e. The van der Waals surface area contributed by atoms with Gasteiger partial charge in [-0.2, -0.15) is 4.98 Å². The molecule has 1 atom stereocenters. The lowest BCUT2D eigenvalue weighted by molar-refractivity contribution is 0.111. The summed E-state index contributed by atoms with van der Waals surface area (Å²) < 4.78 is 2.41. The first-order chi connectivity index (χ1) is 13.2. The van der Waals surface area contributed by atoms with E-state index in [1.807, 2.05) is 6.20 Å². The molecule has 0 aliphatic heterocycles. The van der Waals surface area contributed by atoms with Crippen molar-refractivity contribution in [3.8, 4) is 0 Å². The number of hydrogen-bond donors (Lipinski definition) is 2. The van der Waals surface area contributed by atoms with Crippen LogP contribution in [0.3, 0.4) is 0 Å². The van der Waals surface area contributed by atoms with E-state index in [2.05, 4.69) is 34.9 Å². The Morgan fingerprint density at radius 1 is 1.19 bits per heavy atom. The molecule has 0 aromatic carbocycles. The number of anilines is 1. The number of aromatic nitrogens is 3. The zero-order chi connectivity index (χ0) is 18.8. The maximum absolute atomic E-state index is 9.91. The molecule has 2 aliphatic rings. The summed E-state index contributed by atoms with van der Waals surface area (Å²) in [5, 5.41) is 14.6. The number of fused-ring (bicyclic) bond motifs is 1. The summed E-state index contributed by atoms with van der Waals surface area (Å²) in [5.41, 5.74) is 2.53. The second-order valence-corrected chi connectivity index (χ2v) is 8.70. The van der Waals surface area contributed by atoms with E-state index in [1.165, 1.54) is 36.6 Å². The van der Waals surface area contributed by atoms with Crippen molar-refractivity contribution in [3.05, 3.63) is 18.0 Å². The minimum atomic E-state index is -0.126. The molecule has 2 aromatic rings. The molecule has 148 valence electrons. The molecule has 2 fully saturated rings. The van der Waals surface area contributed by atoms with Crippen LogP contribution in [0.4, 0.5) is 5.95 Å². The maximum atomic E-state index is 9.91. The largest absolute Gasteiger partial charge is 0.393 e. The fraction of sp³-hybridized carbons (Fsp3) is 0.727. The Morgan fingerprint density at radius 3 is 2.63 bits per heavy atom. The van der Waals surface area contributed by atoms with Gasteiger partial charge in [0.15, 0.2) is 0 Å². The Kier molecular flexibility index (Phi) is 5.67. The molecule has 2 aromatic heterocycles. The van der Waals surface area contributed by atoms with Crippen LogP contribution >= 0.6 is 0 Å². The highest BCUT2D eigenvalue weighted by Crippen LogP contribution is 2.40. The minimum absolute atomic E-state index is 0.126. The lowest BCUT2D eigenvalue weighted by Gasteiger charge is -2.27. The third-order valence-corrected chi connectivity index (χ3v) is 6.55. The molecule has 0 saturated heterocycles. The van der Waals surface area contributed by atoms with Gasteiger partial charge in [-0.15, -0.1) is 0 Å². The zero-order valence-corrected chi connectivity index (χ0v) is 16.8. The fourth-order valence-electron chi connectivity index (χ4n) is 5.03. The van der Waals surface area contributed by atoms with Crippen LogP contribution in [0, 0.1) is 0 Å². The van der Waals surface area contributed by atoms with Gasteiger partial charge >= 0.3 is 0 Å². The van der Waals surface area contributed by atoms with E-state index < -0.39 is 0 Å². The second kappa shape index (κ2) is 8.17.